The van der Waals surface area contributed by atoms with Crippen LogP contribution in [0.25, 0.3) is 83.1 Å². The first-order valence-electron chi connectivity index (χ1n) is 20.1. The molecule has 1 aromatic heterocycles. The summed E-state index contributed by atoms with van der Waals surface area (Å²) in [5, 5.41) is 12.1. The van der Waals surface area contributed by atoms with Gasteiger partial charge in [0.1, 0.15) is 11.5 Å². The van der Waals surface area contributed by atoms with Crippen LogP contribution in [0.5, 0.6) is 11.5 Å². The smallest absolute Gasteiger partial charge is 0.256 e. The summed E-state index contributed by atoms with van der Waals surface area (Å²) in [5.74, 6) is 1.71. The number of nitriles is 1. The summed E-state index contributed by atoms with van der Waals surface area (Å²) >= 11 is 0. The third-order valence-corrected chi connectivity index (χ3v) is 12.3. The summed E-state index contributed by atoms with van der Waals surface area (Å²) in [6.45, 7) is -0.106. The number of rotatable bonds is 5. The van der Waals surface area contributed by atoms with Crippen molar-refractivity contribution in [3.05, 3.63) is 206 Å². The molecule has 0 atom stereocenters. The van der Waals surface area contributed by atoms with Crippen LogP contribution in [0.2, 0.25) is 0 Å². The zero-order valence-electron chi connectivity index (χ0n) is 31.9. The summed E-state index contributed by atoms with van der Waals surface area (Å²) in [7, 11) is 0. The molecule has 0 bridgehead atoms. The Bertz CT molecular complexity index is 3360. The third-order valence-electron chi connectivity index (χ3n) is 12.3. The van der Waals surface area contributed by atoms with E-state index < -0.39 is 0 Å². The lowest BCUT2D eigenvalue weighted by atomic mass is 9.34. The normalized spacial score (nSPS) is 12.2. The van der Waals surface area contributed by atoms with Gasteiger partial charge in [0.25, 0.3) is 6.71 Å². The van der Waals surface area contributed by atoms with Gasteiger partial charge in [0, 0.05) is 27.5 Å². The Morgan fingerprint density at radius 3 is 1.76 bits per heavy atom. The molecule has 59 heavy (non-hydrogen) atoms. The fourth-order valence-electron chi connectivity index (χ4n) is 9.72. The second-order valence-electron chi connectivity index (χ2n) is 15.5. The maximum absolute atomic E-state index is 9.63. The van der Waals surface area contributed by atoms with Gasteiger partial charge in [-0.1, -0.05) is 164 Å². The average molecular weight is 749 g/mol. The minimum absolute atomic E-state index is 0.106. The Morgan fingerprint density at radius 2 is 1.05 bits per heavy atom. The predicted octanol–water partition coefficient (Wildman–Crippen LogP) is 11.9. The molecule has 272 valence electrons. The minimum atomic E-state index is -0.106. The summed E-state index contributed by atoms with van der Waals surface area (Å²) in [6, 6.07) is 73.8. The molecular weight excluding hydrogens is 715 g/mol. The van der Waals surface area contributed by atoms with Crippen LogP contribution >= 0.6 is 0 Å². The van der Waals surface area contributed by atoms with Gasteiger partial charge < -0.3 is 9.30 Å². The fourth-order valence-corrected chi connectivity index (χ4v) is 9.72. The molecule has 0 spiro atoms. The van der Waals surface area contributed by atoms with E-state index in [0.29, 0.717) is 5.56 Å². The van der Waals surface area contributed by atoms with Crippen molar-refractivity contribution in [1.29, 1.82) is 5.26 Å². The van der Waals surface area contributed by atoms with E-state index >= 15 is 0 Å². The van der Waals surface area contributed by atoms with Gasteiger partial charge in [0.15, 0.2) is 0 Å². The van der Waals surface area contributed by atoms with Crippen molar-refractivity contribution in [2.24, 2.45) is 0 Å². The highest BCUT2D eigenvalue weighted by atomic mass is 16.5. The van der Waals surface area contributed by atoms with E-state index in [4.69, 9.17) is 4.74 Å². The highest BCUT2D eigenvalue weighted by Gasteiger charge is 2.42. The third kappa shape index (κ3) is 5.09. The van der Waals surface area contributed by atoms with Gasteiger partial charge in [0.2, 0.25) is 0 Å². The molecule has 3 heterocycles. The molecule has 0 fully saturated rings. The van der Waals surface area contributed by atoms with E-state index in [1.54, 1.807) is 0 Å². The SMILES string of the molecule is N#Cc1ccc(-c2cc3c4c(c2)-n2c5ccccc5c5cccc(c52)B4c2cc(-c4ccccc4-c4ccccc4)cc(-c4ccccc4-c4ccccc4)c2O3)cc1. The lowest BCUT2D eigenvalue weighted by Gasteiger charge is -2.35. The second kappa shape index (κ2) is 13.1. The molecule has 0 amide bonds. The van der Waals surface area contributed by atoms with Crippen LogP contribution in [0.1, 0.15) is 5.56 Å². The number of nitrogens with zero attached hydrogens (tertiary/aromatic N) is 2. The molecule has 0 saturated heterocycles. The quantitative estimate of drug-likeness (QED) is 0.164. The summed E-state index contributed by atoms with van der Waals surface area (Å²) in [4.78, 5) is 0. The van der Waals surface area contributed by atoms with E-state index in [2.05, 4.69) is 187 Å². The molecule has 0 unspecified atom stereocenters. The topological polar surface area (TPSA) is 38.0 Å². The van der Waals surface area contributed by atoms with Gasteiger partial charge in [-0.05, 0) is 103 Å². The lowest BCUT2D eigenvalue weighted by Crippen LogP contribution is -2.58. The maximum atomic E-state index is 9.63. The molecule has 0 saturated carbocycles. The van der Waals surface area contributed by atoms with Crippen molar-refractivity contribution in [1.82, 2.24) is 4.57 Å². The molecule has 9 aromatic carbocycles. The first kappa shape index (κ1) is 33.3. The van der Waals surface area contributed by atoms with Crippen LogP contribution in [0.4, 0.5) is 0 Å². The van der Waals surface area contributed by atoms with Crippen LogP contribution in [0, 0.1) is 11.3 Å². The van der Waals surface area contributed by atoms with Crippen molar-refractivity contribution < 1.29 is 4.74 Å². The number of hydrogen-bond acceptors (Lipinski definition) is 2. The van der Waals surface area contributed by atoms with E-state index in [1.807, 2.05) is 24.3 Å². The van der Waals surface area contributed by atoms with Crippen molar-refractivity contribution in [3.63, 3.8) is 0 Å². The van der Waals surface area contributed by atoms with Gasteiger partial charge in [-0.2, -0.15) is 5.26 Å². The van der Waals surface area contributed by atoms with Crippen LogP contribution in [-0.2, 0) is 0 Å². The van der Waals surface area contributed by atoms with Crippen molar-refractivity contribution in [2.75, 3.05) is 0 Å². The van der Waals surface area contributed by atoms with Gasteiger partial charge >= 0.3 is 0 Å². The molecule has 12 rings (SSSR count). The number of ether oxygens (including phenoxy) is 1. The van der Waals surface area contributed by atoms with Gasteiger partial charge in [-0.25, -0.2) is 0 Å². The Labute approximate surface area is 342 Å². The van der Waals surface area contributed by atoms with E-state index in [-0.39, 0.29) is 6.71 Å². The van der Waals surface area contributed by atoms with Crippen LogP contribution in [0.15, 0.2) is 200 Å². The molecule has 4 heteroatoms. The molecule has 3 nitrogen and oxygen atoms in total. The van der Waals surface area contributed by atoms with Crippen molar-refractivity contribution >= 4 is 44.9 Å². The van der Waals surface area contributed by atoms with Crippen LogP contribution < -0.4 is 21.1 Å². The number of hydrogen-bond donors (Lipinski definition) is 0. The molecule has 2 aliphatic rings. The maximum Gasteiger partial charge on any atom is 0.256 e. The average Bonchev–Trinajstić information content (AvgIpc) is 3.65. The minimum Gasteiger partial charge on any atom is -0.458 e. The number of fused-ring (bicyclic) bond motifs is 7. The Morgan fingerprint density at radius 1 is 0.441 bits per heavy atom. The van der Waals surface area contributed by atoms with E-state index in [9.17, 15) is 5.26 Å². The zero-order valence-corrected chi connectivity index (χ0v) is 31.9. The number of benzene rings is 9. The molecule has 2 aliphatic heterocycles. The standard InChI is InChI=1S/C55H33BN2O/c57-34-35-26-28-36(29-27-35)39-32-51-53-52(33-39)59-55-47(44-21-10-9-19-42(44)38-16-5-2-6-17-38)30-40(43-20-8-7-18-41(43)37-14-3-1-4-15-37)31-49(55)56(53)48-24-13-23-46-45-22-11-12-25-50(45)58(51)54(46)48/h1-33H. The Balaban J connectivity index is 1.20. The molecular formula is C55H33BN2O. The van der Waals surface area contributed by atoms with Gasteiger partial charge in [0.05, 0.1) is 17.1 Å². The molecule has 10 aromatic rings. The fraction of sp³-hybridized carbons (Fsp3) is 0. The summed E-state index contributed by atoms with van der Waals surface area (Å²) in [5.41, 5.74) is 18.9. The zero-order chi connectivity index (χ0) is 39.0. The largest absolute Gasteiger partial charge is 0.458 e. The van der Waals surface area contributed by atoms with Crippen LogP contribution in [-0.4, -0.2) is 11.3 Å². The van der Waals surface area contributed by atoms with Crippen molar-refractivity contribution in [2.45, 2.75) is 0 Å². The highest BCUT2D eigenvalue weighted by Crippen LogP contribution is 2.46. The van der Waals surface area contributed by atoms with Crippen LogP contribution in [0.3, 0.4) is 0 Å². The van der Waals surface area contributed by atoms with Crippen molar-refractivity contribution in [3.8, 4) is 78.9 Å². The molecule has 0 aliphatic carbocycles. The Kier molecular flexibility index (Phi) is 7.39. The first-order chi connectivity index (χ1) is 29.2. The van der Waals surface area contributed by atoms with E-state index in [0.717, 1.165) is 67.1 Å². The monoisotopic (exact) mass is 748 g/mol. The first-order valence-corrected chi connectivity index (χ1v) is 20.1. The second-order valence-corrected chi connectivity index (χ2v) is 15.5. The lowest BCUT2D eigenvalue weighted by molar-refractivity contribution is 0.489. The molecule has 0 N–H and O–H groups in total. The predicted molar refractivity (Wildman–Crippen MR) is 244 cm³/mol. The molecule has 0 radical (unpaired) electrons. The van der Waals surface area contributed by atoms with Gasteiger partial charge in [-0.15, -0.1) is 0 Å². The van der Waals surface area contributed by atoms with E-state index in [1.165, 1.54) is 44.0 Å². The number of para-hydroxylation sites is 2. The summed E-state index contributed by atoms with van der Waals surface area (Å²) in [6.07, 6.45) is 0. The van der Waals surface area contributed by atoms with Gasteiger partial charge in [-0.3, -0.25) is 0 Å². The Hall–Kier alpha value is -7.87. The number of aromatic nitrogens is 1. The highest BCUT2D eigenvalue weighted by molar-refractivity contribution is 6.99. The summed E-state index contributed by atoms with van der Waals surface area (Å²) < 4.78 is 9.90.